The molecule has 1 atom stereocenters. The first-order chi connectivity index (χ1) is 13.0. The molecular weight excluding hydrogens is 340 g/mol. The normalized spacial score (nSPS) is 21.3. The van der Waals surface area contributed by atoms with Crippen LogP contribution in [-0.4, -0.2) is 47.4 Å². The molecule has 148 valence electrons. The maximum absolute atomic E-state index is 13.1. The zero-order valence-electron chi connectivity index (χ0n) is 16.3. The Balaban J connectivity index is 1.55. The number of piperidine rings is 1. The summed E-state index contributed by atoms with van der Waals surface area (Å²) in [7, 11) is 0. The molecule has 5 nitrogen and oxygen atoms in total. The van der Waals surface area contributed by atoms with Crippen molar-refractivity contribution in [2.24, 2.45) is 5.92 Å². The van der Waals surface area contributed by atoms with Gasteiger partial charge in [0.25, 0.3) is 5.91 Å². The molecule has 2 aliphatic rings. The molecule has 1 aliphatic heterocycles. The summed E-state index contributed by atoms with van der Waals surface area (Å²) in [5.41, 5.74) is -0.716. The third-order valence-corrected chi connectivity index (χ3v) is 6.18. The van der Waals surface area contributed by atoms with E-state index in [1.165, 1.54) is 0 Å². The van der Waals surface area contributed by atoms with Gasteiger partial charge in [0.2, 0.25) is 0 Å². The molecule has 1 heterocycles. The van der Waals surface area contributed by atoms with Crippen molar-refractivity contribution in [1.29, 1.82) is 0 Å². The molecule has 1 amide bonds. The van der Waals surface area contributed by atoms with Crippen LogP contribution in [0.1, 0.15) is 57.4 Å². The number of aliphatic hydroxyl groups is 1. The number of carbonyl (C=O) groups is 2. The van der Waals surface area contributed by atoms with Crippen LogP contribution in [0.25, 0.3) is 0 Å². The van der Waals surface area contributed by atoms with Crippen molar-refractivity contribution in [3.63, 3.8) is 0 Å². The van der Waals surface area contributed by atoms with Gasteiger partial charge in [-0.15, -0.1) is 0 Å². The molecule has 2 N–H and O–H groups in total. The minimum atomic E-state index is -1.42. The maximum Gasteiger partial charge on any atom is 0.257 e. The molecule has 1 aromatic rings. The van der Waals surface area contributed by atoms with E-state index in [4.69, 9.17) is 0 Å². The highest BCUT2D eigenvalue weighted by molar-refractivity contribution is 5.87. The number of likely N-dealkylation sites (tertiary alicyclic amines) is 1. The Morgan fingerprint density at radius 2 is 1.81 bits per heavy atom. The van der Waals surface area contributed by atoms with Crippen molar-refractivity contribution in [2.45, 2.75) is 63.5 Å². The fourth-order valence-corrected chi connectivity index (χ4v) is 4.22. The van der Waals surface area contributed by atoms with Gasteiger partial charge < -0.3 is 20.1 Å². The molecule has 1 aliphatic carbocycles. The summed E-state index contributed by atoms with van der Waals surface area (Å²) in [6, 6.07) is 9.49. The van der Waals surface area contributed by atoms with Gasteiger partial charge >= 0.3 is 0 Å². The minimum Gasteiger partial charge on any atom is -0.375 e. The lowest BCUT2D eigenvalue weighted by molar-refractivity contribution is -0.153. The van der Waals surface area contributed by atoms with Crippen molar-refractivity contribution in [1.82, 2.24) is 10.2 Å². The van der Waals surface area contributed by atoms with Crippen LogP contribution in [0.3, 0.4) is 0 Å². The number of hydrogen-bond acceptors (Lipinski definition) is 4. The summed E-state index contributed by atoms with van der Waals surface area (Å²) in [4.78, 5) is 26.5. The summed E-state index contributed by atoms with van der Waals surface area (Å²) >= 11 is 0. The number of Topliss-reactive ketones (excluding diaryl/α,β-unsaturated/α-hetero) is 1. The third-order valence-electron chi connectivity index (χ3n) is 6.18. The highest BCUT2D eigenvalue weighted by atomic mass is 16.3. The average molecular weight is 373 g/mol. The molecule has 0 spiro atoms. The number of amides is 1. The largest absolute Gasteiger partial charge is 0.375 e. The van der Waals surface area contributed by atoms with E-state index in [0.717, 1.165) is 58.2 Å². The summed E-state index contributed by atoms with van der Waals surface area (Å²) in [6.07, 6.45) is 6.19. The number of nitrogens with one attached hydrogen (secondary N) is 1. The van der Waals surface area contributed by atoms with E-state index in [1.807, 2.05) is 30.3 Å². The molecule has 5 heteroatoms. The highest BCUT2D eigenvalue weighted by Crippen LogP contribution is 2.42. The second-order valence-corrected chi connectivity index (χ2v) is 8.16. The quantitative estimate of drug-likeness (QED) is 0.736. The van der Waals surface area contributed by atoms with Crippen LogP contribution in [0.15, 0.2) is 30.3 Å². The van der Waals surface area contributed by atoms with Crippen molar-refractivity contribution in [2.75, 3.05) is 19.6 Å². The first-order valence-corrected chi connectivity index (χ1v) is 10.3. The summed E-state index contributed by atoms with van der Waals surface area (Å²) in [5.74, 6) is 0.00772. The topological polar surface area (TPSA) is 69.6 Å². The van der Waals surface area contributed by atoms with E-state index >= 15 is 0 Å². The van der Waals surface area contributed by atoms with Crippen LogP contribution >= 0.6 is 0 Å². The molecule has 1 saturated heterocycles. The van der Waals surface area contributed by atoms with Gasteiger partial charge in [-0.1, -0.05) is 36.8 Å². The lowest BCUT2D eigenvalue weighted by atomic mass is 9.69. The number of rotatable bonds is 8. The van der Waals surface area contributed by atoms with Crippen LogP contribution in [0, 0.1) is 5.92 Å². The van der Waals surface area contributed by atoms with Gasteiger partial charge in [-0.2, -0.15) is 0 Å². The standard InChI is InChI=1S/C22H32N2O3/c1-17(25)7-6-14-24-15-12-20(13-16-24)23-21(26)22(27,19-10-5-11-19)18-8-3-2-4-9-18/h2-4,8-9,19-20,27H,5-7,10-16H2,1H3,(H,23,26). The first kappa shape index (κ1) is 20.0. The summed E-state index contributed by atoms with van der Waals surface area (Å²) in [5, 5.41) is 14.5. The van der Waals surface area contributed by atoms with Gasteiger partial charge in [0.1, 0.15) is 5.78 Å². The monoisotopic (exact) mass is 372 g/mol. The van der Waals surface area contributed by atoms with E-state index in [-0.39, 0.29) is 23.7 Å². The average Bonchev–Trinajstić information content (AvgIpc) is 2.62. The zero-order valence-corrected chi connectivity index (χ0v) is 16.3. The van der Waals surface area contributed by atoms with Crippen molar-refractivity contribution >= 4 is 11.7 Å². The van der Waals surface area contributed by atoms with E-state index in [0.29, 0.717) is 12.0 Å². The van der Waals surface area contributed by atoms with E-state index in [1.54, 1.807) is 6.92 Å². The van der Waals surface area contributed by atoms with E-state index in [9.17, 15) is 14.7 Å². The van der Waals surface area contributed by atoms with Gasteiger partial charge in [-0.05, 0) is 51.1 Å². The lowest BCUT2D eigenvalue weighted by Crippen LogP contribution is -2.55. The van der Waals surface area contributed by atoms with Crippen LogP contribution in [-0.2, 0) is 15.2 Å². The first-order valence-electron chi connectivity index (χ1n) is 10.3. The van der Waals surface area contributed by atoms with Crippen LogP contribution < -0.4 is 5.32 Å². The number of ketones is 1. The molecule has 2 fully saturated rings. The third kappa shape index (κ3) is 4.77. The van der Waals surface area contributed by atoms with Gasteiger partial charge in [-0.25, -0.2) is 0 Å². The molecule has 1 unspecified atom stereocenters. The Kier molecular flexibility index (Phi) is 6.66. The van der Waals surface area contributed by atoms with E-state index < -0.39 is 5.60 Å². The SMILES string of the molecule is CC(=O)CCCN1CCC(NC(=O)C(O)(c2ccccc2)C2CCC2)CC1. The second-order valence-electron chi connectivity index (χ2n) is 8.16. The van der Waals surface area contributed by atoms with Gasteiger partial charge in [0.15, 0.2) is 5.60 Å². The molecule has 3 rings (SSSR count). The fourth-order valence-electron chi connectivity index (χ4n) is 4.22. The Hall–Kier alpha value is -1.72. The van der Waals surface area contributed by atoms with Gasteiger partial charge in [0.05, 0.1) is 0 Å². The predicted octanol–water partition coefficient (Wildman–Crippen LogP) is 2.62. The van der Waals surface area contributed by atoms with Crippen LogP contribution in [0.4, 0.5) is 0 Å². The highest BCUT2D eigenvalue weighted by Gasteiger charge is 2.48. The van der Waals surface area contributed by atoms with Crippen molar-refractivity contribution in [3.8, 4) is 0 Å². The predicted molar refractivity (Wildman–Crippen MR) is 105 cm³/mol. The second kappa shape index (κ2) is 8.98. The van der Waals surface area contributed by atoms with Crippen LogP contribution in [0.5, 0.6) is 0 Å². The Morgan fingerprint density at radius 3 is 2.37 bits per heavy atom. The molecular formula is C22H32N2O3. The number of nitrogens with zero attached hydrogens (tertiary/aromatic N) is 1. The maximum atomic E-state index is 13.1. The lowest BCUT2D eigenvalue weighted by Gasteiger charge is -2.42. The van der Waals surface area contributed by atoms with Gasteiger partial charge in [-0.3, -0.25) is 4.79 Å². The Morgan fingerprint density at radius 1 is 1.15 bits per heavy atom. The fraction of sp³-hybridized carbons (Fsp3) is 0.636. The summed E-state index contributed by atoms with van der Waals surface area (Å²) < 4.78 is 0. The molecule has 0 bridgehead atoms. The van der Waals surface area contributed by atoms with Crippen LogP contribution in [0.2, 0.25) is 0 Å². The van der Waals surface area contributed by atoms with Gasteiger partial charge in [0, 0.05) is 31.5 Å². The molecule has 1 saturated carbocycles. The van der Waals surface area contributed by atoms with E-state index in [2.05, 4.69) is 10.2 Å². The summed E-state index contributed by atoms with van der Waals surface area (Å²) in [6.45, 7) is 4.43. The Bertz CT molecular complexity index is 636. The molecule has 27 heavy (non-hydrogen) atoms. The van der Waals surface area contributed by atoms with Crippen molar-refractivity contribution in [3.05, 3.63) is 35.9 Å². The minimum absolute atomic E-state index is 0.00608. The van der Waals surface area contributed by atoms with Crippen molar-refractivity contribution < 1.29 is 14.7 Å². The number of hydrogen-bond donors (Lipinski definition) is 2. The zero-order chi connectivity index (χ0) is 19.3. The Labute approximate surface area is 162 Å². The molecule has 0 aromatic heterocycles. The number of benzene rings is 1. The number of carbonyl (C=O) groups excluding carboxylic acids is 2. The molecule has 1 aromatic carbocycles. The molecule has 0 radical (unpaired) electrons. The smallest absolute Gasteiger partial charge is 0.257 e.